The quantitative estimate of drug-likeness (QED) is 0.774. The molecule has 0 aliphatic heterocycles. The van der Waals surface area contributed by atoms with Crippen molar-refractivity contribution in [2.75, 3.05) is 6.54 Å². The Kier molecular flexibility index (Phi) is 5.72. The average Bonchev–Trinajstić information content (AvgIpc) is 2.43. The van der Waals surface area contributed by atoms with Crippen LogP contribution in [0.1, 0.15) is 62.6 Å². The molecule has 1 nitrogen and oxygen atoms in total. The van der Waals surface area contributed by atoms with Gasteiger partial charge in [0.25, 0.3) is 0 Å². The zero-order chi connectivity index (χ0) is 13.7. The van der Waals surface area contributed by atoms with E-state index in [9.17, 15) is 0 Å². The Hall–Kier alpha value is -0.530. The summed E-state index contributed by atoms with van der Waals surface area (Å²) in [5, 5.41) is 4.53. The minimum Gasteiger partial charge on any atom is -0.310 e. The summed E-state index contributed by atoms with van der Waals surface area (Å²) in [7, 11) is 0. The highest BCUT2D eigenvalue weighted by molar-refractivity contribution is 6.31. The van der Waals surface area contributed by atoms with Crippen molar-refractivity contribution in [2.24, 2.45) is 5.92 Å². The summed E-state index contributed by atoms with van der Waals surface area (Å²) in [4.78, 5) is 0. The van der Waals surface area contributed by atoms with Crippen LogP contribution in [-0.2, 0) is 0 Å². The second kappa shape index (κ2) is 7.31. The first-order valence-electron chi connectivity index (χ1n) is 7.70. The highest BCUT2D eigenvalue weighted by Gasteiger charge is 2.20. The van der Waals surface area contributed by atoms with Gasteiger partial charge in [-0.05, 0) is 43.0 Å². The molecule has 0 aromatic heterocycles. The van der Waals surface area contributed by atoms with Gasteiger partial charge in [0.1, 0.15) is 0 Å². The lowest BCUT2D eigenvalue weighted by Crippen LogP contribution is -2.24. The molecule has 2 rings (SSSR count). The number of benzene rings is 1. The molecule has 106 valence electrons. The highest BCUT2D eigenvalue weighted by Crippen LogP contribution is 2.32. The summed E-state index contributed by atoms with van der Waals surface area (Å²) in [6, 6.07) is 6.99. The van der Waals surface area contributed by atoms with E-state index in [1.807, 2.05) is 0 Å². The van der Waals surface area contributed by atoms with Crippen LogP contribution in [0, 0.1) is 12.8 Å². The third kappa shape index (κ3) is 4.22. The van der Waals surface area contributed by atoms with Crippen LogP contribution < -0.4 is 5.32 Å². The summed E-state index contributed by atoms with van der Waals surface area (Å²) >= 11 is 6.27. The molecule has 1 N–H and O–H groups in total. The van der Waals surface area contributed by atoms with Gasteiger partial charge in [-0.2, -0.15) is 0 Å². The van der Waals surface area contributed by atoms with Gasteiger partial charge >= 0.3 is 0 Å². The monoisotopic (exact) mass is 279 g/mol. The largest absolute Gasteiger partial charge is 0.310 e. The third-order valence-corrected chi connectivity index (χ3v) is 4.75. The molecular formula is C17H26ClN. The SMILES string of the molecule is CCNC(CC1CCCCC1)c1ccc(C)c(Cl)c1. The molecule has 0 amide bonds. The topological polar surface area (TPSA) is 12.0 Å². The second-order valence-electron chi connectivity index (χ2n) is 5.86. The number of rotatable bonds is 5. The lowest BCUT2D eigenvalue weighted by molar-refractivity contribution is 0.301. The van der Waals surface area contributed by atoms with E-state index in [0.29, 0.717) is 6.04 Å². The van der Waals surface area contributed by atoms with Crippen LogP contribution in [0.2, 0.25) is 5.02 Å². The van der Waals surface area contributed by atoms with E-state index in [2.05, 4.69) is 37.4 Å². The fourth-order valence-electron chi connectivity index (χ4n) is 3.17. The summed E-state index contributed by atoms with van der Waals surface area (Å²) in [5.74, 6) is 0.887. The molecule has 0 heterocycles. The fraction of sp³-hybridized carbons (Fsp3) is 0.647. The Morgan fingerprint density at radius 2 is 2.00 bits per heavy atom. The fourth-order valence-corrected chi connectivity index (χ4v) is 3.35. The first kappa shape index (κ1) is 14.9. The number of halogens is 1. The molecule has 1 aromatic rings. The van der Waals surface area contributed by atoms with Crippen molar-refractivity contribution in [1.82, 2.24) is 5.32 Å². The normalized spacial score (nSPS) is 18.5. The van der Waals surface area contributed by atoms with Crippen molar-refractivity contribution >= 4 is 11.6 Å². The molecule has 1 saturated carbocycles. The van der Waals surface area contributed by atoms with Gasteiger partial charge in [0, 0.05) is 11.1 Å². The Morgan fingerprint density at radius 3 is 2.63 bits per heavy atom. The van der Waals surface area contributed by atoms with Gasteiger partial charge in [0.15, 0.2) is 0 Å². The van der Waals surface area contributed by atoms with Crippen molar-refractivity contribution in [3.8, 4) is 0 Å². The van der Waals surface area contributed by atoms with Crippen LogP contribution in [0.15, 0.2) is 18.2 Å². The predicted molar refractivity (Wildman–Crippen MR) is 83.8 cm³/mol. The second-order valence-corrected chi connectivity index (χ2v) is 6.27. The smallest absolute Gasteiger partial charge is 0.0438 e. The molecule has 1 atom stereocenters. The maximum absolute atomic E-state index is 6.27. The van der Waals surface area contributed by atoms with Crippen molar-refractivity contribution < 1.29 is 0 Å². The average molecular weight is 280 g/mol. The molecule has 19 heavy (non-hydrogen) atoms. The minimum absolute atomic E-state index is 0.464. The van der Waals surface area contributed by atoms with Gasteiger partial charge in [0.05, 0.1) is 0 Å². The van der Waals surface area contributed by atoms with Crippen LogP contribution in [0.5, 0.6) is 0 Å². The Balaban J connectivity index is 2.07. The van der Waals surface area contributed by atoms with Crippen molar-refractivity contribution in [3.05, 3.63) is 34.3 Å². The van der Waals surface area contributed by atoms with Crippen LogP contribution in [0.25, 0.3) is 0 Å². The zero-order valence-electron chi connectivity index (χ0n) is 12.2. The summed E-state index contributed by atoms with van der Waals surface area (Å²) in [6.07, 6.45) is 8.32. The molecule has 0 radical (unpaired) electrons. The lowest BCUT2D eigenvalue weighted by atomic mass is 9.83. The van der Waals surface area contributed by atoms with Crippen LogP contribution in [-0.4, -0.2) is 6.54 Å². The first-order valence-corrected chi connectivity index (χ1v) is 8.08. The predicted octanol–water partition coefficient (Wildman–Crippen LogP) is 5.27. The minimum atomic E-state index is 0.464. The van der Waals surface area contributed by atoms with E-state index in [0.717, 1.165) is 17.5 Å². The van der Waals surface area contributed by atoms with E-state index >= 15 is 0 Å². The molecule has 1 aliphatic carbocycles. The molecule has 1 aromatic carbocycles. The molecule has 1 fully saturated rings. The molecule has 0 spiro atoms. The Morgan fingerprint density at radius 1 is 1.26 bits per heavy atom. The number of hydrogen-bond donors (Lipinski definition) is 1. The maximum atomic E-state index is 6.27. The maximum Gasteiger partial charge on any atom is 0.0438 e. The Bertz CT molecular complexity index is 396. The van der Waals surface area contributed by atoms with E-state index in [-0.39, 0.29) is 0 Å². The molecule has 0 saturated heterocycles. The summed E-state index contributed by atoms with van der Waals surface area (Å²) in [5.41, 5.74) is 2.52. The third-order valence-electron chi connectivity index (χ3n) is 4.34. The highest BCUT2D eigenvalue weighted by atomic mass is 35.5. The van der Waals surface area contributed by atoms with Gasteiger partial charge < -0.3 is 5.32 Å². The molecule has 2 heteroatoms. The molecule has 0 bridgehead atoms. The number of hydrogen-bond acceptors (Lipinski definition) is 1. The summed E-state index contributed by atoms with van der Waals surface area (Å²) in [6.45, 7) is 5.27. The van der Waals surface area contributed by atoms with E-state index in [4.69, 9.17) is 11.6 Å². The van der Waals surface area contributed by atoms with Gasteiger partial charge in [0.2, 0.25) is 0 Å². The number of nitrogens with one attached hydrogen (secondary N) is 1. The number of aryl methyl sites for hydroxylation is 1. The lowest BCUT2D eigenvalue weighted by Gasteiger charge is -2.27. The van der Waals surface area contributed by atoms with Crippen molar-refractivity contribution in [1.29, 1.82) is 0 Å². The Labute approximate surface area is 122 Å². The molecule has 1 aliphatic rings. The van der Waals surface area contributed by atoms with Crippen LogP contribution in [0.4, 0.5) is 0 Å². The summed E-state index contributed by atoms with van der Waals surface area (Å²) < 4.78 is 0. The van der Waals surface area contributed by atoms with E-state index in [1.165, 1.54) is 49.7 Å². The first-order chi connectivity index (χ1) is 9.20. The van der Waals surface area contributed by atoms with Crippen LogP contribution >= 0.6 is 11.6 Å². The van der Waals surface area contributed by atoms with Crippen molar-refractivity contribution in [2.45, 2.75) is 58.4 Å². The van der Waals surface area contributed by atoms with Gasteiger partial charge in [-0.25, -0.2) is 0 Å². The van der Waals surface area contributed by atoms with Gasteiger partial charge in [-0.15, -0.1) is 0 Å². The van der Waals surface area contributed by atoms with E-state index < -0.39 is 0 Å². The van der Waals surface area contributed by atoms with Crippen molar-refractivity contribution in [3.63, 3.8) is 0 Å². The zero-order valence-corrected chi connectivity index (χ0v) is 13.0. The van der Waals surface area contributed by atoms with Crippen LogP contribution in [0.3, 0.4) is 0 Å². The van der Waals surface area contributed by atoms with Gasteiger partial charge in [-0.3, -0.25) is 0 Å². The van der Waals surface area contributed by atoms with Gasteiger partial charge in [-0.1, -0.05) is 62.8 Å². The molecular weight excluding hydrogens is 254 g/mol. The molecule has 1 unspecified atom stereocenters. The van der Waals surface area contributed by atoms with E-state index in [1.54, 1.807) is 0 Å². The standard InChI is InChI=1S/C17H26ClN/c1-3-19-17(11-14-7-5-4-6-8-14)15-10-9-13(2)16(18)12-15/h9-10,12,14,17,19H,3-8,11H2,1-2H3.